The van der Waals surface area contributed by atoms with Crippen molar-refractivity contribution in [1.29, 1.82) is 5.26 Å². The first-order valence-corrected chi connectivity index (χ1v) is 4.52. The Morgan fingerprint density at radius 3 is 2.88 bits per heavy atom. The predicted molar refractivity (Wildman–Crippen MR) is 53.4 cm³/mol. The highest BCUT2D eigenvalue weighted by atomic mass is 19.1. The van der Waals surface area contributed by atoms with Gasteiger partial charge in [0.15, 0.2) is 11.6 Å². The van der Waals surface area contributed by atoms with E-state index in [0.717, 1.165) is 12.1 Å². The Hall–Kier alpha value is -2.16. The third-order valence-corrected chi connectivity index (χ3v) is 1.83. The highest BCUT2D eigenvalue weighted by molar-refractivity contribution is 5.37. The summed E-state index contributed by atoms with van der Waals surface area (Å²) in [5.74, 6) is -0.896. The quantitative estimate of drug-likeness (QED) is 0.581. The molecule has 0 spiro atoms. The van der Waals surface area contributed by atoms with Crippen LogP contribution in [0.2, 0.25) is 0 Å². The van der Waals surface area contributed by atoms with Crippen molar-refractivity contribution in [3.63, 3.8) is 0 Å². The molecular formula is C10H9FN2O3. The minimum absolute atomic E-state index is 0.0895. The molecule has 6 heteroatoms. The van der Waals surface area contributed by atoms with Crippen molar-refractivity contribution >= 4 is 5.69 Å². The first-order valence-electron chi connectivity index (χ1n) is 4.52. The van der Waals surface area contributed by atoms with E-state index in [0.29, 0.717) is 0 Å². The van der Waals surface area contributed by atoms with Crippen LogP contribution in [0.3, 0.4) is 0 Å². The number of hydrogen-bond acceptors (Lipinski definition) is 4. The standard InChI is InChI=1S/C10H9FN2O3/c1-7(4-5-12)16-10-3-2-8(13(14)15)6-9(10)11/h2-3,6-7H,4H2,1H3. The maximum absolute atomic E-state index is 13.3. The number of benzene rings is 1. The topological polar surface area (TPSA) is 76.2 Å². The Labute approximate surface area is 91.2 Å². The Balaban J connectivity index is 2.84. The van der Waals surface area contributed by atoms with Gasteiger partial charge in [0.05, 0.1) is 23.5 Å². The third kappa shape index (κ3) is 2.92. The molecule has 0 fully saturated rings. The Morgan fingerprint density at radius 1 is 1.69 bits per heavy atom. The Kier molecular flexibility index (Phi) is 3.78. The van der Waals surface area contributed by atoms with Gasteiger partial charge in [-0.25, -0.2) is 4.39 Å². The number of non-ortho nitro benzene ring substituents is 1. The summed E-state index contributed by atoms with van der Waals surface area (Å²) in [6.45, 7) is 1.62. The van der Waals surface area contributed by atoms with E-state index in [4.69, 9.17) is 10.00 Å². The number of rotatable bonds is 4. The zero-order valence-corrected chi connectivity index (χ0v) is 8.51. The summed E-state index contributed by atoms with van der Waals surface area (Å²) in [6, 6.07) is 5.00. The summed E-state index contributed by atoms with van der Waals surface area (Å²) < 4.78 is 18.4. The SMILES string of the molecule is CC(CC#N)Oc1ccc([N+](=O)[O-])cc1F. The molecule has 1 aromatic rings. The second-order valence-electron chi connectivity index (χ2n) is 3.16. The summed E-state index contributed by atoms with van der Waals surface area (Å²) >= 11 is 0. The van der Waals surface area contributed by atoms with E-state index >= 15 is 0 Å². The lowest BCUT2D eigenvalue weighted by Crippen LogP contribution is -2.11. The second kappa shape index (κ2) is 5.07. The number of nitro benzene ring substituents is 1. The average molecular weight is 224 g/mol. The fraction of sp³-hybridized carbons (Fsp3) is 0.300. The fourth-order valence-electron chi connectivity index (χ4n) is 1.09. The van der Waals surface area contributed by atoms with Gasteiger partial charge in [-0.2, -0.15) is 5.26 Å². The van der Waals surface area contributed by atoms with Gasteiger partial charge in [0.2, 0.25) is 0 Å². The molecule has 0 aliphatic rings. The van der Waals surface area contributed by atoms with Gasteiger partial charge in [0, 0.05) is 6.07 Å². The smallest absolute Gasteiger partial charge is 0.272 e. The monoisotopic (exact) mass is 224 g/mol. The van der Waals surface area contributed by atoms with Gasteiger partial charge in [-0.3, -0.25) is 10.1 Å². The maximum Gasteiger partial charge on any atom is 0.272 e. The molecule has 1 unspecified atom stereocenters. The minimum atomic E-state index is -0.806. The van der Waals surface area contributed by atoms with E-state index in [1.54, 1.807) is 6.92 Å². The molecule has 0 aliphatic carbocycles. The van der Waals surface area contributed by atoms with Crippen LogP contribution in [-0.2, 0) is 0 Å². The van der Waals surface area contributed by atoms with Crippen LogP contribution >= 0.6 is 0 Å². The largest absolute Gasteiger partial charge is 0.487 e. The number of halogens is 1. The van der Waals surface area contributed by atoms with Crippen LogP contribution in [0.1, 0.15) is 13.3 Å². The van der Waals surface area contributed by atoms with Crippen LogP contribution in [0.15, 0.2) is 18.2 Å². The zero-order chi connectivity index (χ0) is 12.1. The van der Waals surface area contributed by atoms with Gasteiger partial charge in [-0.05, 0) is 13.0 Å². The van der Waals surface area contributed by atoms with E-state index in [2.05, 4.69) is 0 Å². The van der Waals surface area contributed by atoms with Gasteiger partial charge in [-0.15, -0.1) is 0 Å². The van der Waals surface area contributed by atoms with Crippen molar-refractivity contribution in [1.82, 2.24) is 0 Å². The maximum atomic E-state index is 13.3. The summed E-state index contributed by atoms with van der Waals surface area (Å²) in [5.41, 5.74) is -0.335. The van der Waals surface area contributed by atoms with Crippen LogP contribution in [0.25, 0.3) is 0 Å². The number of nitriles is 1. The van der Waals surface area contributed by atoms with Crippen LogP contribution in [-0.4, -0.2) is 11.0 Å². The molecule has 0 N–H and O–H groups in total. The van der Waals surface area contributed by atoms with Crippen LogP contribution in [0, 0.1) is 27.3 Å². The molecule has 1 aromatic carbocycles. The molecule has 1 rings (SSSR count). The Morgan fingerprint density at radius 2 is 2.38 bits per heavy atom. The lowest BCUT2D eigenvalue weighted by Gasteiger charge is -2.11. The number of nitro groups is 1. The van der Waals surface area contributed by atoms with Crippen LogP contribution < -0.4 is 4.74 Å². The molecule has 1 atom stereocenters. The molecule has 0 aliphatic heterocycles. The highest BCUT2D eigenvalue weighted by Gasteiger charge is 2.13. The van der Waals surface area contributed by atoms with Crippen molar-refractivity contribution < 1.29 is 14.1 Å². The van der Waals surface area contributed by atoms with Crippen molar-refractivity contribution in [2.45, 2.75) is 19.4 Å². The zero-order valence-electron chi connectivity index (χ0n) is 8.51. The van der Waals surface area contributed by atoms with Gasteiger partial charge in [0.25, 0.3) is 5.69 Å². The summed E-state index contributed by atoms with van der Waals surface area (Å²) in [4.78, 5) is 9.66. The predicted octanol–water partition coefficient (Wildman–Crippen LogP) is 2.41. The second-order valence-corrected chi connectivity index (χ2v) is 3.16. The average Bonchev–Trinajstić information content (AvgIpc) is 2.21. The molecule has 0 radical (unpaired) electrons. The molecule has 0 heterocycles. The molecule has 0 amide bonds. The fourth-order valence-corrected chi connectivity index (χ4v) is 1.09. The van der Waals surface area contributed by atoms with E-state index in [1.165, 1.54) is 6.07 Å². The third-order valence-electron chi connectivity index (χ3n) is 1.83. The van der Waals surface area contributed by atoms with E-state index < -0.39 is 16.8 Å². The number of nitrogens with zero attached hydrogens (tertiary/aromatic N) is 2. The molecular weight excluding hydrogens is 215 g/mol. The first kappa shape index (κ1) is 11.9. The summed E-state index contributed by atoms with van der Waals surface area (Å²) in [6.07, 6.45) is -0.336. The number of ether oxygens (including phenoxy) is 1. The van der Waals surface area contributed by atoms with Gasteiger partial charge < -0.3 is 4.74 Å². The van der Waals surface area contributed by atoms with Crippen molar-refractivity contribution in [2.75, 3.05) is 0 Å². The van der Waals surface area contributed by atoms with Crippen molar-refractivity contribution in [3.05, 3.63) is 34.1 Å². The van der Waals surface area contributed by atoms with Gasteiger partial charge in [0.1, 0.15) is 6.10 Å². The molecule has 0 saturated heterocycles. The Bertz CT molecular complexity index is 442. The summed E-state index contributed by atoms with van der Waals surface area (Å²) in [7, 11) is 0. The van der Waals surface area contributed by atoms with Crippen LogP contribution in [0.5, 0.6) is 5.75 Å². The molecule has 5 nitrogen and oxygen atoms in total. The molecule has 0 aromatic heterocycles. The van der Waals surface area contributed by atoms with E-state index in [1.807, 2.05) is 6.07 Å². The molecule has 84 valence electrons. The van der Waals surface area contributed by atoms with Crippen LogP contribution in [0.4, 0.5) is 10.1 Å². The lowest BCUT2D eigenvalue weighted by atomic mass is 10.2. The first-order chi connectivity index (χ1) is 7.54. The minimum Gasteiger partial charge on any atom is -0.487 e. The number of hydrogen-bond donors (Lipinski definition) is 0. The van der Waals surface area contributed by atoms with E-state index in [-0.39, 0.29) is 17.9 Å². The van der Waals surface area contributed by atoms with Gasteiger partial charge in [-0.1, -0.05) is 0 Å². The lowest BCUT2D eigenvalue weighted by molar-refractivity contribution is -0.385. The van der Waals surface area contributed by atoms with E-state index in [9.17, 15) is 14.5 Å². The van der Waals surface area contributed by atoms with Crippen molar-refractivity contribution in [3.8, 4) is 11.8 Å². The normalized spacial score (nSPS) is 11.6. The molecule has 0 saturated carbocycles. The highest BCUT2D eigenvalue weighted by Crippen LogP contribution is 2.23. The molecule has 0 bridgehead atoms. The summed E-state index contributed by atoms with van der Waals surface area (Å²) in [5, 5.41) is 18.7. The van der Waals surface area contributed by atoms with Gasteiger partial charge >= 0.3 is 0 Å². The molecule has 16 heavy (non-hydrogen) atoms. The van der Waals surface area contributed by atoms with Crippen molar-refractivity contribution in [2.24, 2.45) is 0 Å².